The van der Waals surface area contributed by atoms with E-state index >= 15 is 0 Å². The Morgan fingerprint density at radius 2 is 1.86 bits per heavy atom. The first-order valence-corrected chi connectivity index (χ1v) is 11.3. The number of aryl methyl sites for hydroxylation is 1. The summed E-state index contributed by atoms with van der Waals surface area (Å²) in [6.07, 6.45) is 0.688. The summed E-state index contributed by atoms with van der Waals surface area (Å²) < 4.78 is 51.2. The fourth-order valence-corrected chi connectivity index (χ4v) is 4.56. The Morgan fingerprint density at radius 1 is 1.19 bits per heavy atom. The molecule has 11 heteroatoms. The second-order valence-electron chi connectivity index (χ2n) is 8.84. The average Bonchev–Trinajstić information content (AvgIpc) is 2.85. The first kappa shape index (κ1) is 25.5. The van der Waals surface area contributed by atoms with Gasteiger partial charge in [-0.25, -0.2) is 0 Å². The van der Waals surface area contributed by atoms with Gasteiger partial charge in [0.25, 0.3) is 5.56 Å². The quantitative estimate of drug-likeness (QED) is 0.492. The molecule has 0 spiro atoms. The molecule has 0 N–H and O–H groups in total. The van der Waals surface area contributed by atoms with E-state index in [4.69, 9.17) is 9.47 Å². The number of likely N-dealkylation sites (tertiary alicyclic amines) is 1. The number of carbonyl (C=O) groups is 1. The number of rotatable bonds is 7. The third-order valence-electron chi connectivity index (χ3n) is 6.60. The van der Waals surface area contributed by atoms with E-state index in [2.05, 4.69) is 4.98 Å². The minimum atomic E-state index is -4.90. The molecule has 0 aliphatic carbocycles. The van der Waals surface area contributed by atoms with Crippen molar-refractivity contribution in [3.63, 3.8) is 0 Å². The summed E-state index contributed by atoms with van der Waals surface area (Å²) in [4.78, 5) is 30.9. The maximum absolute atomic E-state index is 12.8. The molecule has 192 valence electrons. The summed E-state index contributed by atoms with van der Waals surface area (Å²) in [7, 11) is 5.91. The molecule has 36 heavy (non-hydrogen) atoms. The van der Waals surface area contributed by atoms with Crippen LogP contribution in [0.25, 0.3) is 21.9 Å². The number of halogens is 3. The smallest absolute Gasteiger partial charge is 0.471 e. The van der Waals surface area contributed by atoms with Crippen LogP contribution in [0.3, 0.4) is 0 Å². The van der Waals surface area contributed by atoms with Crippen LogP contribution in [-0.2, 0) is 18.4 Å². The van der Waals surface area contributed by atoms with Gasteiger partial charge in [-0.3, -0.25) is 19.5 Å². The highest BCUT2D eigenvalue weighted by atomic mass is 19.4. The van der Waals surface area contributed by atoms with Gasteiger partial charge in [-0.2, -0.15) is 13.2 Å². The zero-order chi connectivity index (χ0) is 26.2. The summed E-state index contributed by atoms with van der Waals surface area (Å²) in [6.45, 7) is 1.02. The van der Waals surface area contributed by atoms with Crippen molar-refractivity contribution in [3.8, 4) is 22.6 Å². The summed E-state index contributed by atoms with van der Waals surface area (Å²) in [5.41, 5.74) is 2.16. The molecule has 0 unspecified atom stereocenters. The number of pyridine rings is 2. The number of nitrogens with zero attached hydrogens (tertiary/aromatic N) is 4. The van der Waals surface area contributed by atoms with E-state index in [1.165, 1.54) is 25.0 Å². The molecule has 1 atom stereocenters. The second-order valence-corrected chi connectivity index (χ2v) is 8.84. The zero-order valence-corrected chi connectivity index (χ0v) is 20.4. The number of ether oxygens (including phenoxy) is 2. The van der Waals surface area contributed by atoms with Crippen LogP contribution in [0.4, 0.5) is 13.2 Å². The summed E-state index contributed by atoms with van der Waals surface area (Å²) >= 11 is 0. The molecule has 4 rings (SSSR count). The largest absolute Gasteiger partial charge is 0.496 e. The Morgan fingerprint density at radius 3 is 2.42 bits per heavy atom. The number of methoxy groups -OCH3 is 2. The highest BCUT2D eigenvalue weighted by Gasteiger charge is 2.43. The minimum absolute atomic E-state index is 0.0286. The average molecular weight is 505 g/mol. The highest BCUT2D eigenvalue weighted by Crippen LogP contribution is 2.39. The van der Waals surface area contributed by atoms with E-state index in [0.29, 0.717) is 41.3 Å². The molecule has 3 aromatic rings. The Kier molecular flexibility index (Phi) is 6.94. The summed E-state index contributed by atoms with van der Waals surface area (Å²) in [5.74, 6) is -0.759. The molecule has 3 heterocycles. The topological polar surface area (TPSA) is 76.9 Å². The predicted octanol–water partition coefficient (Wildman–Crippen LogP) is 3.21. The molecule has 8 nitrogen and oxygen atoms in total. The molecule has 1 fully saturated rings. The first-order chi connectivity index (χ1) is 17.0. The number of hydrogen-bond acceptors (Lipinski definition) is 6. The number of alkyl halides is 3. The number of hydrogen-bond donors (Lipinski definition) is 0. The van der Waals surface area contributed by atoms with E-state index in [9.17, 15) is 22.8 Å². The molecule has 0 saturated carbocycles. The van der Waals surface area contributed by atoms with E-state index in [-0.39, 0.29) is 18.1 Å². The first-order valence-electron chi connectivity index (χ1n) is 11.3. The van der Waals surface area contributed by atoms with Crippen LogP contribution < -0.4 is 15.0 Å². The standard InChI is InChI=1S/C25H27F3N4O4/c1-30-13-19(17-5-7-29-11-18(17)23(30)33)15-9-21(35-3)20(22(10-15)36-4)14-32-8-6-16(32)12-31(2)24(34)25(26,27)28/h5,7,9-11,13,16H,6,8,12,14H2,1-4H3/t16-/m1/s1. The third-order valence-corrected chi connectivity index (χ3v) is 6.60. The lowest BCUT2D eigenvalue weighted by molar-refractivity contribution is -0.185. The van der Waals surface area contributed by atoms with Gasteiger partial charge in [0.1, 0.15) is 11.5 Å². The van der Waals surface area contributed by atoms with Crippen LogP contribution in [0, 0.1) is 0 Å². The van der Waals surface area contributed by atoms with Gasteiger partial charge in [0, 0.05) is 63.9 Å². The van der Waals surface area contributed by atoms with Crippen LogP contribution in [0.5, 0.6) is 11.5 Å². The Balaban J connectivity index is 1.66. The lowest BCUT2D eigenvalue weighted by Gasteiger charge is -2.43. The number of carbonyl (C=O) groups excluding carboxylic acids is 1. The SMILES string of the molecule is COc1cc(-c2cn(C)c(=O)c3cnccc23)cc(OC)c1CN1CC[C@@H]1CN(C)C(=O)C(F)(F)F. The predicted molar refractivity (Wildman–Crippen MR) is 128 cm³/mol. The maximum atomic E-state index is 12.8. The molecule has 0 radical (unpaired) electrons. The van der Waals surface area contributed by atoms with Crippen molar-refractivity contribution >= 4 is 16.7 Å². The van der Waals surface area contributed by atoms with E-state index < -0.39 is 12.1 Å². The van der Waals surface area contributed by atoms with E-state index in [1.807, 2.05) is 17.0 Å². The normalized spacial score (nSPS) is 16.0. The van der Waals surface area contributed by atoms with Gasteiger partial charge in [0.15, 0.2) is 0 Å². The highest BCUT2D eigenvalue weighted by molar-refractivity contribution is 5.95. The van der Waals surface area contributed by atoms with Crippen LogP contribution in [0.1, 0.15) is 12.0 Å². The summed E-state index contributed by atoms with van der Waals surface area (Å²) in [5, 5.41) is 1.23. The van der Waals surface area contributed by atoms with Crippen molar-refractivity contribution < 1.29 is 27.4 Å². The van der Waals surface area contributed by atoms with Gasteiger partial charge >= 0.3 is 12.1 Å². The number of aromatic nitrogens is 2. The van der Waals surface area contributed by atoms with Gasteiger partial charge in [-0.15, -0.1) is 0 Å². The van der Waals surface area contributed by atoms with Crippen molar-refractivity contribution in [2.24, 2.45) is 7.05 Å². The van der Waals surface area contributed by atoms with Crippen LogP contribution in [0.15, 0.2) is 41.6 Å². The second kappa shape index (κ2) is 9.81. The third kappa shape index (κ3) is 4.75. The Hall–Kier alpha value is -3.60. The van der Waals surface area contributed by atoms with Crippen LogP contribution in [-0.4, -0.2) is 71.8 Å². The fraction of sp³-hybridized carbons (Fsp3) is 0.400. The number of amides is 1. The van der Waals surface area contributed by atoms with Gasteiger partial charge in [0.2, 0.25) is 0 Å². The molecule has 0 bridgehead atoms. The lowest BCUT2D eigenvalue weighted by Crippen LogP contribution is -2.54. The van der Waals surface area contributed by atoms with Gasteiger partial charge in [0.05, 0.1) is 25.2 Å². The number of fused-ring (bicyclic) bond motifs is 1. The molecule has 1 saturated heterocycles. The van der Waals surface area contributed by atoms with Crippen molar-refractivity contribution in [2.45, 2.75) is 25.2 Å². The van der Waals surface area contributed by atoms with Gasteiger partial charge in [-0.05, 0) is 35.6 Å². The fourth-order valence-electron chi connectivity index (χ4n) is 4.56. The number of likely N-dealkylation sites (N-methyl/N-ethyl adjacent to an activating group) is 1. The monoisotopic (exact) mass is 504 g/mol. The van der Waals surface area contributed by atoms with Gasteiger partial charge in [-0.1, -0.05) is 0 Å². The lowest BCUT2D eigenvalue weighted by atomic mass is 9.97. The van der Waals surface area contributed by atoms with Crippen LogP contribution >= 0.6 is 0 Å². The summed E-state index contributed by atoms with van der Waals surface area (Å²) in [6, 6.07) is 5.27. The van der Waals surface area contributed by atoms with Crippen molar-refractivity contribution in [2.75, 3.05) is 34.4 Å². The molecule has 1 amide bonds. The Bertz CT molecular complexity index is 1330. The van der Waals surface area contributed by atoms with Crippen LogP contribution in [0.2, 0.25) is 0 Å². The maximum Gasteiger partial charge on any atom is 0.471 e. The van der Waals surface area contributed by atoms with Crippen molar-refractivity contribution in [1.29, 1.82) is 0 Å². The van der Waals surface area contributed by atoms with E-state index in [1.54, 1.807) is 25.5 Å². The minimum Gasteiger partial charge on any atom is -0.496 e. The molecule has 1 aromatic carbocycles. The van der Waals surface area contributed by atoms with Crippen molar-refractivity contribution in [3.05, 3.63) is 52.7 Å². The molecule has 2 aromatic heterocycles. The Labute approximate surface area is 205 Å². The van der Waals surface area contributed by atoms with Crippen molar-refractivity contribution in [1.82, 2.24) is 19.4 Å². The molecule has 1 aliphatic heterocycles. The van der Waals surface area contributed by atoms with E-state index in [0.717, 1.165) is 29.1 Å². The molecule has 1 aliphatic rings. The molecular formula is C25H27F3N4O4. The zero-order valence-electron chi connectivity index (χ0n) is 20.4. The molecular weight excluding hydrogens is 477 g/mol. The van der Waals surface area contributed by atoms with Gasteiger partial charge < -0.3 is 18.9 Å². The number of benzene rings is 1.